The Balaban J connectivity index is 1.75. The summed E-state index contributed by atoms with van der Waals surface area (Å²) < 4.78 is 5.72. The molecule has 4 rings (SSSR count). The van der Waals surface area contributed by atoms with E-state index in [0.717, 1.165) is 52.6 Å². The second-order valence-corrected chi connectivity index (χ2v) is 10.8. The minimum absolute atomic E-state index is 0.201. The molecule has 1 aliphatic carbocycles. The normalized spacial score (nSPS) is 18.2. The first-order valence-electron chi connectivity index (χ1n) is 12.1. The molecule has 1 aromatic heterocycles. The third kappa shape index (κ3) is 5.86. The SMILES string of the molecule is CN(C)CCOC(=O)c1sc(-c2ccc(N)cc2)cc1C1=C(C2CCCCC2)CN(C)CC1. The van der Waals surface area contributed by atoms with E-state index < -0.39 is 0 Å². The van der Waals surface area contributed by atoms with Gasteiger partial charge in [0.1, 0.15) is 11.5 Å². The topological polar surface area (TPSA) is 58.8 Å². The Labute approximate surface area is 202 Å². The van der Waals surface area contributed by atoms with E-state index in [9.17, 15) is 4.79 Å². The van der Waals surface area contributed by atoms with Crippen LogP contribution in [0.5, 0.6) is 0 Å². The van der Waals surface area contributed by atoms with Gasteiger partial charge < -0.3 is 20.3 Å². The minimum Gasteiger partial charge on any atom is -0.460 e. The monoisotopic (exact) mass is 467 g/mol. The van der Waals surface area contributed by atoms with Gasteiger partial charge in [-0.15, -0.1) is 11.3 Å². The van der Waals surface area contributed by atoms with Gasteiger partial charge >= 0.3 is 5.97 Å². The van der Waals surface area contributed by atoms with E-state index in [1.54, 1.807) is 16.9 Å². The van der Waals surface area contributed by atoms with Crippen molar-refractivity contribution in [2.75, 3.05) is 53.1 Å². The Morgan fingerprint density at radius 2 is 1.91 bits per heavy atom. The number of likely N-dealkylation sites (N-methyl/N-ethyl adjacent to an activating group) is 2. The lowest BCUT2D eigenvalue weighted by atomic mass is 9.78. The standard InChI is InChI=1S/C27H37N3O2S/c1-29(2)15-16-32-27(31)26-23(17-25(33-26)20-9-11-21(28)12-10-20)22-13-14-30(3)18-24(22)19-7-5-4-6-8-19/h9-12,17,19H,4-8,13-16,18,28H2,1-3H3. The summed E-state index contributed by atoms with van der Waals surface area (Å²) >= 11 is 1.55. The largest absolute Gasteiger partial charge is 0.460 e. The number of carbonyl (C=O) groups is 1. The van der Waals surface area contributed by atoms with E-state index in [1.807, 2.05) is 43.3 Å². The van der Waals surface area contributed by atoms with Gasteiger partial charge in [0, 0.05) is 35.8 Å². The molecule has 2 N–H and O–H groups in total. The van der Waals surface area contributed by atoms with Crippen LogP contribution in [0.4, 0.5) is 5.69 Å². The van der Waals surface area contributed by atoms with Gasteiger partial charge in [-0.05, 0) is 81.2 Å². The van der Waals surface area contributed by atoms with Gasteiger partial charge in [-0.25, -0.2) is 4.79 Å². The zero-order chi connectivity index (χ0) is 23.4. The van der Waals surface area contributed by atoms with Crippen molar-refractivity contribution >= 4 is 28.6 Å². The van der Waals surface area contributed by atoms with Crippen molar-refractivity contribution in [2.24, 2.45) is 5.92 Å². The molecule has 2 heterocycles. The van der Waals surface area contributed by atoms with Crippen LogP contribution >= 0.6 is 11.3 Å². The lowest BCUT2D eigenvalue weighted by molar-refractivity contribution is 0.0487. The third-order valence-electron chi connectivity index (χ3n) is 6.88. The van der Waals surface area contributed by atoms with E-state index in [4.69, 9.17) is 10.5 Å². The Hall–Kier alpha value is -2.15. The molecule has 2 aromatic rings. The van der Waals surface area contributed by atoms with Crippen molar-refractivity contribution in [3.8, 4) is 10.4 Å². The first-order valence-corrected chi connectivity index (χ1v) is 13.0. The van der Waals surface area contributed by atoms with Crippen LogP contribution in [0, 0.1) is 5.92 Å². The van der Waals surface area contributed by atoms with Gasteiger partial charge in [0.05, 0.1) is 0 Å². The van der Waals surface area contributed by atoms with E-state index in [0.29, 0.717) is 12.5 Å². The number of nitrogens with zero attached hydrogens (tertiary/aromatic N) is 2. The maximum atomic E-state index is 13.3. The van der Waals surface area contributed by atoms with Crippen molar-refractivity contribution in [1.82, 2.24) is 9.80 Å². The summed E-state index contributed by atoms with van der Waals surface area (Å²) in [5.74, 6) is 0.432. The van der Waals surface area contributed by atoms with Gasteiger partial charge in [-0.3, -0.25) is 0 Å². The number of thiophene rings is 1. The predicted molar refractivity (Wildman–Crippen MR) is 139 cm³/mol. The quantitative estimate of drug-likeness (QED) is 0.437. The summed E-state index contributed by atoms with van der Waals surface area (Å²) in [6.45, 7) is 3.14. The molecule has 0 bridgehead atoms. The van der Waals surface area contributed by atoms with Gasteiger partial charge in [-0.1, -0.05) is 31.4 Å². The molecule has 6 heteroatoms. The first-order chi connectivity index (χ1) is 15.9. The molecule has 0 saturated heterocycles. The Morgan fingerprint density at radius 1 is 1.18 bits per heavy atom. The third-order valence-corrected chi connectivity index (χ3v) is 8.04. The molecule has 0 radical (unpaired) electrons. The number of hydrogen-bond acceptors (Lipinski definition) is 6. The molecule has 1 aromatic carbocycles. The lowest BCUT2D eigenvalue weighted by Crippen LogP contribution is -2.31. The van der Waals surface area contributed by atoms with Crippen molar-refractivity contribution < 1.29 is 9.53 Å². The van der Waals surface area contributed by atoms with Crippen LogP contribution in [0.1, 0.15) is 53.8 Å². The molecule has 0 amide bonds. The molecular weight excluding hydrogens is 430 g/mol. The number of carbonyl (C=O) groups excluding carboxylic acids is 1. The summed E-state index contributed by atoms with van der Waals surface area (Å²) in [6.07, 6.45) is 7.49. The minimum atomic E-state index is -0.201. The molecule has 1 aliphatic heterocycles. The number of rotatable bonds is 7. The van der Waals surface area contributed by atoms with Crippen molar-refractivity contribution in [1.29, 1.82) is 0 Å². The van der Waals surface area contributed by atoms with E-state index in [-0.39, 0.29) is 5.97 Å². The fourth-order valence-electron chi connectivity index (χ4n) is 5.01. The van der Waals surface area contributed by atoms with E-state index in [2.05, 4.69) is 18.0 Å². The summed E-state index contributed by atoms with van der Waals surface area (Å²) in [5, 5.41) is 0. The highest BCUT2D eigenvalue weighted by atomic mass is 32.1. The maximum absolute atomic E-state index is 13.3. The van der Waals surface area contributed by atoms with Crippen LogP contribution in [-0.2, 0) is 4.74 Å². The van der Waals surface area contributed by atoms with Crippen LogP contribution < -0.4 is 5.73 Å². The molecule has 2 aliphatic rings. The predicted octanol–water partition coefficient (Wildman–Crippen LogP) is 5.39. The van der Waals surface area contributed by atoms with Gasteiger partial charge in [-0.2, -0.15) is 0 Å². The van der Waals surface area contributed by atoms with E-state index >= 15 is 0 Å². The molecule has 5 nitrogen and oxygen atoms in total. The fraction of sp³-hybridized carbons (Fsp3) is 0.519. The number of anilines is 1. The molecular formula is C27H37N3O2S. The van der Waals surface area contributed by atoms with Crippen LogP contribution in [0.25, 0.3) is 16.0 Å². The molecule has 1 fully saturated rings. The lowest BCUT2D eigenvalue weighted by Gasteiger charge is -2.34. The van der Waals surface area contributed by atoms with Crippen LogP contribution in [0.2, 0.25) is 0 Å². The van der Waals surface area contributed by atoms with Gasteiger partial charge in [0.2, 0.25) is 0 Å². The molecule has 0 unspecified atom stereocenters. The molecule has 33 heavy (non-hydrogen) atoms. The molecule has 178 valence electrons. The van der Waals surface area contributed by atoms with Crippen molar-refractivity contribution in [3.63, 3.8) is 0 Å². The number of hydrogen-bond donors (Lipinski definition) is 1. The zero-order valence-electron chi connectivity index (χ0n) is 20.2. The summed E-state index contributed by atoms with van der Waals surface area (Å²) in [5.41, 5.74) is 11.8. The summed E-state index contributed by atoms with van der Waals surface area (Å²) in [4.78, 5) is 19.5. The second-order valence-electron chi connectivity index (χ2n) is 9.74. The molecule has 0 atom stereocenters. The highest BCUT2D eigenvalue weighted by molar-refractivity contribution is 7.17. The number of esters is 1. The molecule has 0 spiro atoms. The van der Waals surface area contributed by atoms with Crippen molar-refractivity contribution in [3.05, 3.63) is 46.3 Å². The van der Waals surface area contributed by atoms with Gasteiger partial charge in [0.15, 0.2) is 0 Å². The Bertz CT molecular complexity index is 987. The number of nitrogens with two attached hydrogens (primary N) is 1. The molecule has 1 saturated carbocycles. The van der Waals surface area contributed by atoms with Crippen LogP contribution in [-0.4, -0.2) is 63.2 Å². The zero-order valence-corrected chi connectivity index (χ0v) is 21.0. The highest BCUT2D eigenvalue weighted by Crippen LogP contribution is 2.43. The first kappa shape index (κ1) is 24.0. The second kappa shape index (κ2) is 10.9. The van der Waals surface area contributed by atoms with E-state index in [1.165, 1.54) is 37.7 Å². The van der Waals surface area contributed by atoms with Crippen molar-refractivity contribution in [2.45, 2.75) is 38.5 Å². The Kier molecular flexibility index (Phi) is 7.89. The maximum Gasteiger partial charge on any atom is 0.349 e. The Morgan fingerprint density at radius 3 is 2.61 bits per heavy atom. The van der Waals surface area contributed by atoms with Gasteiger partial charge in [0.25, 0.3) is 0 Å². The average Bonchev–Trinajstić information content (AvgIpc) is 3.25. The summed E-state index contributed by atoms with van der Waals surface area (Å²) in [6, 6.07) is 10.1. The fourth-order valence-corrected chi connectivity index (χ4v) is 6.09. The average molecular weight is 468 g/mol. The number of ether oxygens (including phenoxy) is 1. The smallest absolute Gasteiger partial charge is 0.349 e. The summed E-state index contributed by atoms with van der Waals surface area (Å²) in [7, 11) is 6.19. The highest BCUT2D eigenvalue weighted by Gasteiger charge is 2.29. The number of benzene rings is 1. The van der Waals surface area contributed by atoms with Crippen LogP contribution in [0.15, 0.2) is 35.9 Å². The van der Waals surface area contributed by atoms with Crippen LogP contribution in [0.3, 0.4) is 0 Å². The number of nitrogen functional groups attached to an aromatic ring is 1.